The SMILES string of the molecule is CC(C)=N/N=C(\c1ccc([N+](=O)[O-])cc1)C12C[NH+]3C[NH+](C[NH+](C3)C1)C2. The summed E-state index contributed by atoms with van der Waals surface area (Å²) in [6.45, 7) is 10.7. The molecule has 4 aliphatic rings. The van der Waals surface area contributed by atoms with Crippen LogP contribution in [0.2, 0.25) is 0 Å². The molecular weight excluding hydrogens is 320 g/mol. The number of hydrogen-bond donors (Lipinski definition) is 3. The Morgan fingerprint density at radius 3 is 1.96 bits per heavy atom. The molecule has 0 aliphatic carbocycles. The molecule has 1 aromatic carbocycles. The van der Waals surface area contributed by atoms with Crippen molar-refractivity contribution in [3.05, 3.63) is 39.9 Å². The van der Waals surface area contributed by atoms with Gasteiger partial charge in [0.1, 0.15) is 19.6 Å². The van der Waals surface area contributed by atoms with Gasteiger partial charge in [0, 0.05) is 17.8 Å². The fourth-order valence-corrected chi connectivity index (χ4v) is 4.86. The first-order chi connectivity index (χ1) is 11.9. The van der Waals surface area contributed by atoms with E-state index in [1.807, 2.05) is 26.0 Å². The fourth-order valence-electron chi connectivity index (χ4n) is 4.86. The molecule has 8 nitrogen and oxygen atoms in total. The largest absolute Gasteiger partial charge is 0.269 e. The maximum absolute atomic E-state index is 11.0. The van der Waals surface area contributed by atoms with Crippen LogP contribution in [0.3, 0.4) is 0 Å². The summed E-state index contributed by atoms with van der Waals surface area (Å²) in [4.78, 5) is 15.5. The topological polar surface area (TPSA) is 81.2 Å². The monoisotopic (exact) mass is 345 g/mol. The normalized spacial score (nSPS) is 33.4. The Labute approximate surface area is 146 Å². The van der Waals surface area contributed by atoms with Crippen LogP contribution < -0.4 is 14.7 Å². The average molecular weight is 345 g/mol. The lowest BCUT2D eigenvalue weighted by atomic mass is 9.74. The van der Waals surface area contributed by atoms with E-state index in [9.17, 15) is 10.1 Å². The van der Waals surface area contributed by atoms with Crippen LogP contribution in [-0.2, 0) is 0 Å². The molecule has 132 valence electrons. The molecule has 0 atom stereocenters. The molecule has 0 amide bonds. The van der Waals surface area contributed by atoms with Crippen LogP contribution in [0, 0.1) is 15.5 Å². The molecular formula is C17H25N6O2+3. The standard InChI is InChI=1S/C17H22N6O2/c1-13(2)18-19-16(14-3-5-15(6-4-14)23(24)25)17-7-20-10-21(8-17)12-22(9-17)11-20/h3-6H,7-12H2,1-2H3/p+3/b19-16+. The summed E-state index contributed by atoms with van der Waals surface area (Å²) < 4.78 is 0. The van der Waals surface area contributed by atoms with Crippen molar-refractivity contribution in [2.24, 2.45) is 15.6 Å². The lowest BCUT2D eigenvalue weighted by molar-refractivity contribution is -1.30. The maximum Gasteiger partial charge on any atom is 0.269 e. The van der Waals surface area contributed by atoms with Gasteiger partial charge in [-0.15, -0.1) is 0 Å². The van der Waals surface area contributed by atoms with Crippen molar-refractivity contribution in [3.63, 3.8) is 0 Å². The number of nitro groups is 1. The number of hydrogen-bond acceptors (Lipinski definition) is 4. The summed E-state index contributed by atoms with van der Waals surface area (Å²) in [6, 6.07) is 6.80. The number of nitrogens with zero attached hydrogens (tertiary/aromatic N) is 3. The number of benzene rings is 1. The first-order valence-electron chi connectivity index (χ1n) is 8.80. The quantitative estimate of drug-likeness (QED) is 0.316. The summed E-state index contributed by atoms with van der Waals surface area (Å²) in [7, 11) is 0. The van der Waals surface area contributed by atoms with E-state index in [-0.39, 0.29) is 16.0 Å². The molecule has 3 N–H and O–H groups in total. The van der Waals surface area contributed by atoms with E-state index in [2.05, 4.69) is 10.2 Å². The molecule has 8 heteroatoms. The molecule has 4 aliphatic heterocycles. The number of nitrogens with one attached hydrogen (secondary N) is 3. The summed E-state index contributed by atoms with van der Waals surface area (Å²) in [6.07, 6.45) is 0. The summed E-state index contributed by atoms with van der Waals surface area (Å²) in [5, 5.41) is 20.0. The molecule has 0 aromatic heterocycles. The van der Waals surface area contributed by atoms with E-state index in [4.69, 9.17) is 0 Å². The lowest BCUT2D eigenvalue weighted by Gasteiger charge is -2.52. The number of quaternary nitrogens is 3. The van der Waals surface area contributed by atoms with E-state index in [1.54, 1.807) is 26.8 Å². The van der Waals surface area contributed by atoms with Gasteiger partial charge in [0.15, 0.2) is 5.41 Å². The van der Waals surface area contributed by atoms with Gasteiger partial charge in [0.25, 0.3) is 5.69 Å². The predicted molar refractivity (Wildman–Crippen MR) is 92.9 cm³/mol. The van der Waals surface area contributed by atoms with Crippen molar-refractivity contribution >= 4 is 17.1 Å². The van der Waals surface area contributed by atoms with Gasteiger partial charge in [-0.05, 0) is 31.5 Å². The van der Waals surface area contributed by atoms with E-state index in [0.29, 0.717) is 0 Å². The zero-order valence-electron chi connectivity index (χ0n) is 14.7. The van der Waals surface area contributed by atoms with E-state index < -0.39 is 0 Å². The van der Waals surface area contributed by atoms with Gasteiger partial charge in [-0.25, -0.2) is 14.7 Å². The minimum absolute atomic E-state index is 0.00380. The highest BCUT2D eigenvalue weighted by Gasteiger charge is 2.60. The van der Waals surface area contributed by atoms with Crippen molar-refractivity contribution in [2.45, 2.75) is 13.8 Å². The Balaban J connectivity index is 1.75. The summed E-state index contributed by atoms with van der Waals surface area (Å²) in [5.41, 5.74) is 2.98. The van der Waals surface area contributed by atoms with Gasteiger partial charge < -0.3 is 0 Å². The number of non-ortho nitro benzene ring substituents is 1. The second-order valence-electron chi connectivity index (χ2n) is 7.89. The Bertz CT molecular complexity index is 716. The molecule has 0 unspecified atom stereocenters. The Morgan fingerprint density at radius 1 is 1.00 bits per heavy atom. The minimum atomic E-state index is -0.360. The Morgan fingerprint density at radius 2 is 1.52 bits per heavy atom. The molecule has 1 aromatic rings. The third kappa shape index (κ3) is 2.97. The minimum Gasteiger partial charge on any atom is -0.258 e. The molecule has 4 heterocycles. The summed E-state index contributed by atoms with van der Waals surface area (Å²) in [5.74, 6) is 0. The van der Waals surface area contributed by atoms with Gasteiger partial charge in [0.05, 0.1) is 10.6 Å². The molecule has 0 radical (unpaired) electrons. The van der Waals surface area contributed by atoms with E-state index in [1.165, 1.54) is 20.0 Å². The molecule has 4 bridgehead atoms. The maximum atomic E-state index is 11.0. The first kappa shape index (κ1) is 16.3. The fraction of sp³-hybridized carbons (Fsp3) is 0.529. The smallest absolute Gasteiger partial charge is 0.258 e. The van der Waals surface area contributed by atoms with E-state index in [0.717, 1.165) is 36.6 Å². The van der Waals surface area contributed by atoms with Crippen molar-refractivity contribution in [1.82, 2.24) is 0 Å². The van der Waals surface area contributed by atoms with Crippen LogP contribution in [0.5, 0.6) is 0 Å². The molecule has 0 saturated carbocycles. The Kier molecular flexibility index (Phi) is 3.90. The highest BCUT2D eigenvalue weighted by molar-refractivity contribution is 6.05. The molecule has 25 heavy (non-hydrogen) atoms. The molecule has 4 saturated heterocycles. The number of nitro benzene ring substituents is 1. The zero-order chi connectivity index (χ0) is 17.6. The molecule has 5 rings (SSSR count). The van der Waals surface area contributed by atoms with Gasteiger partial charge in [-0.3, -0.25) is 10.1 Å². The second kappa shape index (κ2) is 5.98. The zero-order valence-corrected chi connectivity index (χ0v) is 14.7. The predicted octanol–water partition coefficient (Wildman–Crippen LogP) is -2.67. The van der Waals surface area contributed by atoms with Gasteiger partial charge >= 0.3 is 0 Å². The number of rotatable bonds is 4. The highest BCUT2D eigenvalue weighted by Crippen LogP contribution is 2.25. The Hall–Kier alpha value is -2.16. The van der Waals surface area contributed by atoms with Crippen molar-refractivity contribution in [2.75, 3.05) is 39.6 Å². The highest BCUT2D eigenvalue weighted by atomic mass is 16.6. The van der Waals surface area contributed by atoms with Crippen LogP contribution in [0.4, 0.5) is 5.69 Å². The van der Waals surface area contributed by atoms with Crippen LogP contribution in [0.25, 0.3) is 0 Å². The molecule has 4 fully saturated rings. The molecule has 0 spiro atoms. The van der Waals surface area contributed by atoms with Crippen LogP contribution in [-0.4, -0.2) is 56.0 Å². The second-order valence-corrected chi connectivity index (χ2v) is 7.89. The third-order valence-electron chi connectivity index (χ3n) is 5.47. The van der Waals surface area contributed by atoms with Crippen LogP contribution in [0.15, 0.2) is 34.5 Å². The van der Waals surface area contributed by atoms with Gasteiger partial charge in [-0.1, -0.05) is 0 Å². The van der Waals surface area contributed by atoms with Gasteiger partial charge in [0.2, 0.25) is 20.0 Å². The van der Waals surface area contributed by atoms with E-state index >= 15 is 0 Å². The van der Waals surface area contributed by atoms with Gasteiger partial charge in [-0.2, -0.15) is 10.2 Å². The van der Waals surface area contributed by atoms with Crippen LogP contribution >= 0.6 is 0 Å². The first-order valence-corrected chi connectivity index (χ1v) is 8.80. The average Bonchev–Trinajstić information content (AvgIpc) is 2.53. The van der Waals surface area contributed by atoms with Crippen molar-refractivity contribution in [1.29, 1.82) is 0 Å². The van der Waals surface area contributed by atoms with Crippen molar-refractivity contribution < 1.29 is 19.6 Å². The van der Waals surface area contributed by atoms with Crippen LogP contribution in [0.1, 0.15) is 19.4 Å². The van der Waals surface area contributed by atoms with Crippen molar-refractivity contribution in [3.8, 4) is 0 Å². The third-order valence-corrected chi connectivity index (χ3v) is 5.47. The lowest BCUT2D eigenvalue weighted by Crippen LogP contribution is -3.56. The summed E-state index contributed by atoms with van der Waals surface area (Å²) >= 11 is 0.